The van der Waals surface area contributed by atoms with Crippen LogP contribution in [0.1, 0.15) is 21.7 Å². The average molecular weight is 352 g/mol. The molecule has 7 heteroatoms. The monoisotopic (exact) mass is 351 g/mol. The topological polar surface area (TPSA) is 83.6 Å². The van der Waals surface area contributed by atoms with Gasteiger partial charge in [0.15, 0.2) is 11.5 Å². The van der Waals surface area contributed by atoms with Gasteiger partial charge in [0.05, 0.1) is 22.2 Å². The van der Waals surface area contributed by atoms with Crippen molar-refractivity contribution < 1.29 is 4.79 Å². The fraction of sp³-hybridized carbons (Fsp3) is 0.111. The van der Waals surface area contributed by atoms with Gasteiger partial charge >= 0.3 is 0 Å². The number of aromatic nitrogens is 4. The molecule has 0 saturated carbocycles. The lowest BCUT2D eigenvalue weighted by atomic mass is 10.1. The van der Waals surface area contributed by atoms with Gasteiger partial charge in [-0.1, -0.05) is 11.6 Å². The van der Waals surface area contributed by atoms with E-state index in [1.807, 2.05) is 25.1 Å². The Morgan fingerprint density at radius 1 is 1.12 bits per heavy atom. The van der Waals surface area contributed by atoms with Gasteiger partial charge in [0.1, 0.15) is 0 Å². The number of nitrogens with zero attached hydrogens (tertiary/aromatic N) is 3. The molecule has 1 aromatic carbocycles. The lowest BCUT2D eigenvalue weighted by Gasteiger charge is -2.08. The quantitative estimate of drug-likeness (QED) is 0.571. The van der Waals surface area contributed by atoms with Crippen LogP contribution in [-0.2, 0) is 0 Å². The molecule has 0 saturated heterocycles. The molecule has 2 N–H and O–H groups in total. The van der Waals surface area contributed by atoms with Crippen molar-refractivity contribution in [3.8, 4) is 0 Å². The second-order valence-corrected chi connectivity index (χ2v) is 6.27. The molecule has 25 heavy (non-hydrogen) atoms. The maximum absolute atomic E-state index is 12.7. The molecule has 1 amide bonds. The highest BCUT2D eigenvalue weighted by molar-refractivity contribution is 6.31. The summed E-state index contributed by atoms with van der Waals surface area (Å²) in [6.07, 6.45) is 0. The van der Waals surface area contributed by atoms with E-state index >= 15 is 0 Å². The Morgan fingerprint density at radius 3 is 2.80 bits per heavy atom. The summed E-state index contributed by atoms with van der Waals surface area (Å²) in [5.74, 6) is 0.166. The Bertz CT molecular complexity index is 1140. The van der Waals surface area contributed by atoms with E-state index in [4.69, 9.17) is 11.6 Å². The highest BCUT2D eigenvalue weighted by atomic mass is 35.5. The molecule has 0 radical (unpaired) electrons. The molecule has 6 nitrogen and oxygen atoms in total. The maximum Gasteiger partial charge on any atom is 0.258 e. The van der Waals surface area contributed by atoms with E-state index in [2.05, 4.69) is 25.5 Å². The number of anilines is 1. The van der Waals surface area contributed by atoms with Gasteiger partial charge in [0.2, 0.25) is 0 Å². The van der Waals surface area contributed by atoms with Crippen LogP contribution in [-0.4, -0.2) is 26.1 Å². The highest BCUT2D eigenvalue weighted by Gasteiger charge is 2.15. The minimum atomic E-state index is -0.277. The van der Waals surface area contributed by atoms with E-state index in [0.29, 0.717) is 27.7 Å². The minimum absolute atomic E-state index is 0.277. The summed E-state index contributed by atoms with van der Waals surface area (Å²) >= 11 is 6.03. The van der Waals surface area contributed by atoms with Crippen LogP contribution in [0.4, 0.5) is 5.82 Å². The Kier molecular flexibility index (Phi) is 3.62. The number of carbonyl (C=O) groups is 1. The van der Waals surface area contributed by atoms with Crippen LogP contribution >= 0.6 is 11.6 Å². The van der Waals surface area contributed by atoms with Crippen molar-refractivity contribution in [2.24, 2.45) is 0 Å². The third-order valence-electron chi connectivity index (χ3n) is 4.01. The molecule has 0 spiro atoms. The molecule has 3 heterocycles. The van der Waals surface area contributed by atoms with Crippen molar-refractivity contribution in [2.45, 2.75) is 13.8 Å². The van der Waals surface area contributed by atoms with Crippen molar-refractivity contribution in [1.29, 1.82) is 0 Å². The first kappa shape index (κ1) is 15.5. The second-order valence-electron chi connectivity index (χ2n) is 5.83. The van der Waals surface area contributed by atoms with Gasteiger partial charge in [-0.25, -0.2) is 4.98 Å². The Balaban J connectivity index is 1.72. The first-order chi connectivity index (χ1) is 12.0. The van der Waals surface area contributed by atoms with E-state index in [9.17, 15) is 4.79 Å². The number of nitrogens with one attached hydrogen (secondary N) is 2. The normalized spacial score (nSPS) is 11.2. The molecular formula is C18H14ClN5O. The summed E-state index contributed by atoms with van der Waals surface area (Å²) in [5.41, 5.74) is 3.42. The van der Waals surface area contributed by atoms with Crippen LogP contribution in [0, 0.1) is 13.8 Å². The molecule has 4 aromatic rings. The summed E-state index contributed by atoms with van der Waals surface area (Å²) in [4.78, 5) is 21.5. The standard InChI is InChI=1S/C18H14ClN5O/c1-9-3-5-13-16(20-9)23-24-17(13)22-18(25)14-8-11-7-12(19)4-6-15(11)21-10(14)2/h3-8H,1-2H3,(H2,20,22,23,24,25). The minimum Gasteiger partial charge on any atom is -0.304 e. The van der Waals surface area contributed by atoms with Gasteiger partial charge < -0.3 is 5.32 Å². The fourth-order valence-electron chi connectivity index (χ4n) is 2.75. The van der Waals surface area contributed by atoms with Gasteiger partial charge in [-0.15, -0.1) is 0 Å². The summed E-state index contributed by atoms with van der Waals surface area (Å²) in [7, 11) is 0. The number of pyridine rings is 2. The van der Waals surface area contributed by atoms with Gasteiger partial charge in [-0.3, -0.25) is 14.9 Å². The van der Waals surface area contributed by atoms with Gasteiger partial charge in [0, 0.05) is 16.1 Å². The lowest BCUT2D eigenvalue weighted by Crippen LogP contribution is -2.14. The smallest absolute Gasteiger partial charge is 0.258 e. The molecule has 0 aliphatic heterocycles. The van der Waals surface area contributed by atoms with Crippen LogP contribution in [0.3, 0.4) is 0 Å². The predicted molar refractivity (Wildman–Crippen MR) is 98.1 cm³/mol. The molecule has 0 unspecified atom stereocenters. The number of benzene rings is 1. The van der Waals surface area contributed by atoms with Crippen molar-refractivity contribution in [3.05, 3.63) is 58.4 Å². The molecule has 0 atom stereocenters. The molecular weight excluding hydrogens is 338 g/mol. The summed E-state index contributed by atoms with van der Waals surface area (Å²) in [6, 6.07) is 10.9. The second kappa shape index (κ2) is 5.82. The van der Waals surface area contributed by atoms with Crippen molar-refractivity contribution in [3.63, 3.8) is 0 Å². The average Bonchev–Trinajstić information content (AvgIpc) is 2.96. The zero-order chi connectivity index (χ0) is 17.6. The number of hydrogen-bond acceptors (Lipinski definition) is 4. The molecule has 4 rings (SSSR count). The van der Waals surface area contributed by atoms with Gasteiger partial charge in [0.25, 0.3) is 5.91 Å². The van der Waals surface area contributed by atoms with E-state index in [-0.39, 0.29) is 5.91 Å². The number of H-pyrrole nitrogens is 1. The van der Waals surface area contributed by atoms with Gasteiger partial charge in [-0.2, -0.15) is 5.10 Å². The molecule has 124 valence electrons. The fourth-order valence-corrected chi connectivity index (χ4v) is 2.93. The number of aromatic amines is 1. The van der Waals surface area contributed by atoms with Crippen LogP contribution in [0.2, 0.25) is 5.02 Å². The first-order valence-corrected chi connectivity index (χ1v) is 8.09. The maximum atomic E-state index is 12.7. The molecule has 0 fully saturated rings. The number of rotatable bonds is 2. The largest absolute Gasteiger partial charge is 0.304 e. The Morgan fingerprint density at radius 2 is 1.96 bits per heavy atom. The Labute approximate surface area is 148 Å². The lowest BCUT2D eigenvalue weighted by molar-refractivity contribution is 0.102. The highest BCUT2D eigenvalue weighted by Crippen LogP contribution is 2.23. The summed E-state index contributed by atoms with van der Waals surface area (Å²) < 4.78 is 0. The molecule has 3 aromatic heterocycles. The summed E-state index contributed by atoms with van der Waals surface area (Å²) in [6.45, 7) is 3.70. The zero-order valence-corrected chi connectivity index (χ0v) is 14.3. The van der Waals surface area contributed by atoms with Crippen LogP contribution < -0.4 is 5.32 Å². The van der Waals surface area contributed by atoms with Crippen LogP contribution in [0.15, 0.2) is 36.4 Å². The summed E-state index contributed by atoms with van der Waals surface area (Å²) in [5, 5.41) is 12.0. The SMILES string of the molecule is Cc1ccc2c(NC(=O)c3cc4cc(Cl)ccc4nc3C)n[nH]c2n1. The number of hydrogen-bond donors (Lipinski definition) is 2. The molecule has 0 aliphatic carbocycles. The van der Waals surface area contributed by atoms with Crippen molar-refractivity contribution >= 4 is 45.3 Å². The zero-order valence-electron chi connectivity index (χ0n) is 13.6. The van der Waals surface area contributed by atoms with E-state index in [0.717, 1.165) is 22.0 Å². The predicted octanol–water partition coefficient (Wildman–Crippen LogP) is 4.03. The third-order valence-corrected chi connectivity index (χ3v) is 4.24. The van der Waals surface area contributed by atoms with E-state index in [1.165, 1.54) is 0 Å². The van der Waals surface area contributed by atoms with Crippen LogP contribution in [0.25, 0.3) is 21.9 Å². The van der Waals surface area contributed by atoms with E-state index < -0.39 is 0 Å². The number of carbonyl (C=O) groups excluding carboxylic acids is 1. The Hall–Kier alpha value is -2.99. The van der Waals surface area contributed by atoms with Crippen molar-refractivity contribution in [1.82, 2.24) is 20.2 Å². The van der Waals surface area contributed by atoms with Crippen molar-refractivity contribution in [2.75, 3.05) is 5.32 Å². The van der Waals surface area contributed by atoms with E-state index in [1.54, 1.807) is 25.1 Å². The van der Waals surface area contributed by atoms with Gasteiger partial charge in [-0.05, 0) is 50.2 Å². The third kappa shape index (κ3) is 2.81. The molecule has 0 bridgehead atoms. The number of fused-ring (bicyclic) bond motifs is 2. The number of halogens is 1. The van der Waals surface area contributed by atoms with Crippen LogP contribution in [0.5, 0.6) is 0 Å². The first-order valence-electron chi connectivity index (χ1n) is 7.71. The molecule has 0 aliphatic rings. The number of amides is 1. The number of aryl methyl sites for hydroxylation is 2.